The highest BCUT2D eigenvalue weighted by atomic mass is 35.5. The van der Waals surface area contributed by atoms with Gasteiger partial charge in [-0.2, -0.15) is 0 Å². The topological polar surface area (TPSA) is 86.9 Å². The van der Waals surface area contributed by atoms with Gasteiger partial charge in [0.15, 0.2) is 5.13 Å². The van der Waals surface area contributed by atoms with E-state index in [-0.39, 0.29) is 17.5 Å². The third-order valence-corrected chi connectivity index (χ3v) is 5.43. The molecule has 0 atom stereocenters. The predicted octanol–water partition coefficient (Wildman–Crippen LogP) is 4.50. The number of anilines is 1. The molecule has 2 aromatic carbocycles. The van der Waals surface area contributed by atoms with Crippen LogP contribution < -0.4 is 10.6 Å². The summed E-state index contributed by atoms with van der Waals surface area (Å²) >= 11 is 7.03. The molecule has 29 heavy (non-hydrogen) atoms. The van der Waals surface area contributed by atoms with Gasteiger partial charge < -0.3 is 10.3 Å². The second kappa shape index (κ2) is 8.46. The van der Waals surface area contributed by atoms with E-state index in [2.05, 4.69) is 26.7 Å². The first kappa shape index (κ1) is 19.2. The van der Waals surface area contributed by atoms with Gasteiger partial charge in [0.05, 0.1) is 0 Å². The second-order valence-electron chi connectivity index (χ2n) is 6.36. The number of hydrogen-bond acceptors (Lipinski definition) is 4. The fourth-order valence-corrected chi connectivity index (χ4v) is 3.76. The number of hydrogen-bond donors (Lipinski definition) is 3. The number of aromatic nitrogens is 2. The maximum absolute atomic E-state index is 12.3. The molecule has 146 valence electrons. The van der Waals surface area contributed by atoms with Crippen molar-refractivity contribution in [1.29, 1.82) is 0 Å². The highest BCUT2D eigenvalue weighted by Crippen LogP contribution is 2.19. The van der Waals surface area contributed by atoms with Crippen LogP contribution in [0.4, 0.5) is 5.13 Å². The first-order valence-corrected chi connectivity index (χ1v) is 10.2. The molecule has 0 bridgehead atoms. The quantitative estimate of drug-likeness (QED) is 0.425. The molecule has 0 unspecified atom stereocenters. The molecule has 8 heteroatoms. The van der Waals surface area contributed by atoms with Gasteiger partial charge in [-0.05, 0) is 42.3 Å². The zero-order valence-corrected chi connectivity index (χ0v) is 16.8. The van der Waals surface area contributed by atoms with E-state index in [9.17, 15) is 9.59 Å². The van der Waals surface area contributed by atoms with Crippen LogP contribution >= 0.6 is 22.9 Å². The molecule has 0 fully saturated rings. The fraction of sp³-hybridized carbons (Fsp3) is 0.0952. The summed E-state index contributed by atoms with van der Waals surface area (Å²) in [5.41, 5.74) is 2.97. The Morgan fingerprint density at radius 3 is 2.69 bits per heavy atom. The summed E-state index contributed by atoms with van der Waals surface area (Å²) in [6.07, 6.45) is 2.67. The Balaban J connectivity index is 1.32. The van der Waals surface area contributed by atoms with Crippen LogP contribution in [0.2, 0.25) is 5.02 Å². The standard InChI is InChI=1S/C21H17ClN4O2S/c22-15-7-5-13(6-8-15)19(27)26-21-25-18(12-29-21)20(28)23-10-9-14-11-24-17-4-2-1-3-16(14)17/h1-8,11-12,24H,9-10H2,(H,23,28)(H,25,26,27). The van der Waals surface area contributed by atoms with Gasteiger partial charge in [0.25, 0.3) is 11.8 Å². The highest BCUT2D eigenvalue weighted by molar-refractivity contribution is 7.14. The molecule has 0 aliphatic rings. The van der Waals surface area contributed by atoms with Crippen molar-refractivity contribution in [3.63, 3.8) is 0 Å². The Morgan fingerprint density at radius 1 is 1.07 bits per heavy atom. The van der Waals surface area contributed by atoms with Gasteiger partial charge in [-0.3, -0.25) is 14.9 Å². The Labute approximate surface area is 175 Å². The number of halogens is 1. The minimum Gasteiger partial charge on any atom is -0.361 e. The minimum absolute atomic E-state index is 0.270. The Morgan fingerprint density at radius 2 is 1.86 bits per heavy atom. The van der Waals surface area contributed by atoms with Gasteiger partial charge in [-0.15, -0.1) is 11.3 Å². The minimum atomic E-state index is -0.303. The van der Waals surface area contributed by atoms with Crippen LogP contribution in [-0.4, -0.2) is 28.3 Å². The fourth-order valence-electron chi connectivity index (χ4n) is 2.95. The monoisotopic (exact) mass is 424 g/mol. The summed E-state index contributed by atoms with van der Waals surface area (Å²) in [5.74, 6) is -0.574. The third kappa shape index (κ3) is 4.47. The van der Waals surface area contributed by atoms with Crippen molar-refractivity contribution < 1.29 is 9.59 Å². The maximum atomic E-state index is 12.3. The molecular weight excluding hydrogens is 408 g/mol. The number of carbonyl (C=O) groups is 2. The maximum Gasteiger partial charge on any atom is 0.270 e. The number of amides is 2. The lowest BCUT2D eigenvalue weighted by molar-refractivity contribution is 0.0948. The van der Waals surface area contributed by atoms with Crippen LogP contribution in [-0.2, 0) is 6.42 Å². The van der Waals surface area contributed by atoms with Crippen molar-refractivity contribution in [1.82, 2.24) is 15.3 Å². The normalized spacial score (nSPS) is 10.8. The molecule has 0 radical (unpaired) electrons. The van der Waals surface area contributed by atoms with Crippen LogP contribution in [0.5, 0.6) is 0 Å². The molecule has 2 aromatic heterocycles. The lowest BCUT2D eigenvalue weighted by atomic mass is 10.1. The number of aromatic amines is 1. The number of benzene rings is 2. The molecular formula is C21H17ClN4O2S. The predicted molar refractivity (Wildman–Crippen MR) is 116 cm³/mol. The van der Waals surface area contributed by atoms with Crippen LogP contribution in [0.3, 0.4) is 0 Å². The van der Waals surface area contributed by atoms with Crippen molar-refractivity contribution in [2.24, 2.45) is 0 Å². The third-order valence-electron chi connectivity index (χ3n) is 4.42. The van der Waals surface area contributed by atoms with Gasteiger partial charge in [-0.1, -0.05) is 29.8 Å². The van der Waals surface area contributed by atoms with Crippen LogP contribution in [0.15, 0.2) is 60.1 Å². The first-order valence-electron chi connectivity index (χ1n) is 8.96. The number of nitrogens with zero attached hydrogens (tertiary/aromatic N) is 1. The summed E-state index contributed by atoms with van der Waals surface area (Å²) in [4.78, 5) is 32.0. The average molecular weight is 425 g/mol. The van der Waals surface area contributed by atoms with Gasteiger partial charge in [0, 0.05) is 39.6 Å². The van der Waals surface area contributed by atoms with E-state index in [0.717, 1.165) is 16.5 Å². The number of fused-ring (bicyclic) bond motifs is 1. The first-order chi connectivity index (χ1) is 14.1. The molecule has 6 nitrogen and oxygen atoms in total. The number of thiazole rings is 1. The zero-order chi connectivity index (χ0) is 20.2. The van der Waals surface area contributed by atoms with Gasteiger partial charge in [0.2, 0.25) is 0 Å². The number of carbonyl (C=O) groups excluding carboxylic acids is 2. The van der Waals surface area contributed by atoms with E-state index in [4.69, 9.17) is 11.6 Å². The number of nitrogens with one attached hydrogen (secondary N) is 3. The van der Waals surface area contributed by atoms with Gasteiger partial charge in [0.1, 0.15) is 5.69 Å². The van der Waals surface area contributed by atoms with Crippen molar-refractivity contribution in [3.05, 3.63) is 82.0 Å². The average Bonchev–Trinajstić information content (AvgIpc) is 3.36. The van der Waals surface area contributed by atoms with Crippen LogP contribution in [0.25, 0.3) is 10.9 Å². The van der Waals surface area contributed by atoms with Gasteiger partial charge >= 0.3 is 0 Å². The van der Waals surface area contributed by atoms with E-state index in [1.165, 1.54) is 11.3 Å². The smallest absolute Gasteiger partial charge is 0.270 e. The molecule has 2 amide bonds. The summed E-state index contributed by atoms with van der Waals surface area (Å²) in [5, 5.41) is 9.27. The van der Waals surface area contributed by atoms with E-state index in [1.54, 1.807) is 29.6 Å². The SMILES string of the molecule is O=C(Nc1nc(C(=O)NCCc2c[nH]c3ccccc23)cs1)c1ccc(Cl)cc1. The molecule has 4 rings (SSSR count). The summed E-state index contributed by atoms with van der Waals surface area (Å²) < 4.78 is 0. The molecule has 3 N–H and O–H groups in total. The molecule has 0 aliphatic carbocycles. The van der Waals surface area contributed by atoms with Crippen molar-refractivity contribution in [3.8, 4) is 0 Å². The van der Waals surface area contributed by atoms with Crippen LogP contribution in [0.1, 0.15) is 26.4 Å². The highest BCUT2D eigenvalue weighted by Gasteiger charge is 2.13. The van der Waals surface area contributed by atoms with Crippen LogP contribution in [0, 0.1) is 0 Å². The van der Waals surface area contributed by atoms with Crippen molar-refractivity contribution in [2.45, 2.75) is 6.42 Å². The number of para-hydroxylation sites is 1. The number of H-pyrrole nitrogens is 1. The van der Waals surface area contributed by atoms with E-state index in [0.29, 0.717) is 28.7 Å². The van der Waals surface area contributed by atoms with Gasteiger partial charge in [-0.25, -0.2) is 4.98 Å². The van der Waals surface area contributed by atoms with Crippen molar-refractivity contribution in [2.75, 3.05) is 11.9 Å². The van der Waals surface area contributed by atoms with E-state index < -0.39 is 0 Å². The largest absolute Gasteiger partial charge is 0.361 e. The molecule has 0 aliphatic heterocycles. The lowest BCUT2D eigenvalue weighted by Crippen LogP contribution is -2.26. The molecule has 0 spiro atoms. The van der Waals surface area contributed by atoms with Crippen molar-refractivity contribution >= 4 is 50.8 Å². The molecule has 2 heterocycles. The van der Waals surface area contributed by atoms with E-state index in [1.807, 2.05) is 24.4 Å². The zero-order valence-electron chi connectivity index (χ0n) is 15.2. The number of rotatable bonds is 6. The Hall–Kier alpha value is -3.16. The molecule has 0 saturated carbocycles. The Kier molecular flexibility index (Phi) is 5.59. The summed E-state index contributed by atoms with van der Waals surface area (Å²) in [6, 6.07) is 14.6. The van der Waals surface area contributed by atoms with E-state index >= 15 is 0 Å². The summed E-state index contributed by atoms with van der Waals surface area (Å²) in [7, 11) is 0. The molecule has 0 saturated heterocycles. The lowest BCUT2D eigenvalue weighted by Gasteiger charge is -2.03. The Bertz CT molecular complexity index is 1170. The summed E-state index contributed by atoms with van der Waals surface area (Å²) in [6.45, 7) is 0.491. The second-order valence-corrected chi connectivity index (χ2v) is 7.66. The molecule has 4 aromatic rings.